The average Bonchev–Trinajstić information content (AvgIpc) is 2.74. The maximum Gasteiger partial charge on any atom is 0.262 e. The molecule has 1 atom stereocenters. The number of pyridine rings is 1. The number of para-hydroxylation sites is 3. The molecular weight excluding hydrogens is 370 g/mol. The molecule has 28 heavy (non-hydrogen) atoms. The van der Waals surface area contributed by atoms with Crippen molar-refractivity contribution in [3.05, 3.63) is 101 Å². The minimum atomic E-state index is -0.464. The molecule has 0 spiro atoms. The largest absolute Gasteiger partial charge is 0.360 e. The Balaban J connectivity index is 1.72. The van der Waals surface area contributed by atoms with Gasteiger partial charge in [-0.15, -0.1) is 0 Å². The Kier molecular flexibility index (Phi) is 3.99. The van der Waals surface area contributed by atoms with Gasteiger partial charge in [0.1, 0.15) is 11.3 Å². The van der Waals surface area contributed by atoms with E-state index in [0.717, 1.165) is 27.8 Å². The lowest BCUT2D eigenvalue weighted by Crippen LogP contribution is -2.43. The van der Waals surface area contributed by atoms with E-state index in [1.807, 2.05) is 84.9 Å². The number of fused-ring (bicyclic) bond motifs is 2. The van der Waals surface area contributed by atoms with Gasteiger partial charge in [0.15, 0.2) is 0 Å². The number of nitrogens with zero attached hydrogens (tertiary/aromatic N) is 2. The lowest BCUT2D eigenvalue weighted by Gasteiger charge is -2.38. The maximum atomic E-state index is 13.4. The Labute approximate surface area is 167 Å². The van der Waals surface area contributed by atoms with E-state index in [0.29, 0.717) is 10.7 Å². The normalized spacial score (nSPS) is 16.0. The summed E-state index contributed by atoms with van der Waals surface area (Å²) in [4.78, 5) is 19.7. The van der Waals surface area contributed by atoms with Gasteiger partial charge in [0.25, 0.3) is 5.91 Å². The second kappa shape index (κ2) is 6.66. The molecule has 1 amide bonds. The zero-order valence-electron chi connectivity index (χ0n) is 14.8. The number of amides is 1. The average molecular weight is 386 g/mol. The molecule has 0 unspecified atom stereocenters. The van der Waals surface area contributed by atoms with Gasteiger partial charge in [-0.25, -0.2) is 4.98 Å². The summed E-state index contributed by atoms with van der Waals surface area (Å²) in [6.45, 7) is 0. The van der Waals surface area contributed by atoms with Crippen LogP contribution in [0, 0.1) is 0 Å². The topological polar surface area (TPSA) is 45.2 Å². The number of rotatable bonds is 2. The number of carbonyl (C=O) groups excluding carboxylic acids is 1. The van der Waals surface area contributed by atoms with Crippen LogP contribution in [-0.2, 0) is 0 Å². The number of aromatic nitrogens is 1. The first-order chi connectivity index (χ1) is 13.7. The van der Waals surface area contributed by atoms with Gasteiger partial charge in [-0.05, 0) is 36.4 Å². The van der Waals surface area contributed by atoms with Gasteiger partial charge in [0.05, 0.1) is 11.1 Å². The number of hydrogen-bond acceptors (Lipinski definition) is 3. The van der Waals surface area contributed by atoms with Crippen LogP contribution in [0.4, 0.5) is 11.4 Å². The van der Waals surface area contributed by atoms with Gasteiger partial charge in [0, 0.05) is 22.3 Å². The molecular formula is C23H16ClN3O. The first-order valence-corrected chi connectivity index (χ1v) is 9.39. The molecule has 5 rings (SSSR count). The van der Waals surface area contributed by atoms with Gasteiger partial charge >= 0.3 is 0 Å². The molecule has 1 aliphatic rings. The summed E-state index contributed by atoms with van der Waals surface area (Å²) < 4.78 is 0. The summed E-state index contributed by atoms with van der Waals surface area (Å²) in [6.07, 6.45) is -0.464. The highest BCUT2D eigenvalue weighted by Gasteiger charge is 2.35. The van der Waals surface area contributed by atoms with Gasteiger partial charge in [-0.2, -0.15) is 0 Å². The third kappa shape index (κ3) is 2.70. The van der Waals surface area contributed by atoms with E-state index < -0.39 is 6.17 Å². The monoisotopic (exact) mass is 385 g/mol. The van der Waals surface area contributed by atoms with Gasteiger partial charge in [-0.1, -0.05) is 60.1 Å². The van der Waals surface area contributed by atoms with E-state index >= 15 is 0 Å². The van der Waals surface area contributed by atoms with Crippen molar-refractivity contribution in [2.45, 2.75) is 6.17 Å². The van der Waals surface area contributed by atoms with E-state index in [4.69, 9.17) is 11.6 Å². The van der Waals surface area contributed by atoms with Crippen molar-refractivity contribution in [1.82, 2.24) is 4.98 Å². The zero-order valence-corrected chi connectivity index (χ0v) is 15.6. The Morgan fingerprint density at radius 2 is 1.61 bits per heavy atom. The van der Waals surface area contributed by atoms with Crippen LogP contribution in [0.5, 0.6) is 0 Å². The lowest BCUT2D eigenvalue weighted by molar-refractivity contribution is 0.0975. The summed E-state index contributed by atoms with van der Waals surface area (Å²) in [6, 6.07) is 26.9. The van der Waals surface area contributed by atoms with Crippen molar-refractivity contribution < 1.29 is 4.79 Å². The van der Waals surface area contributed by atoms with Crippen molar-refractivity contribution in [3.8, 4) is 0 Å². The molecule has 4 nitrogen and oxygen atoms in total. The highest BCUT2D eigenvalue weighted by atomic mass is 35.5. The van der Waals surface area contributed by atoms with Crippen molar-refractivity contribution in [2.24, 2.45) is 0 Å². The van der Waals surface area contributed by atoms with Crippen LogP contribution in [-0.4, -0.2) is 10.9 Å². The van der Waals surface area contributed by atoms with Crippen molar-refractivity contribution in [2.75, 3.05) is 10.2 Å². The Morgan fingerprint density at radius 3 is 2.46 bits per heavy atom. The Bertz CT molecular complexity index is 1190. The number of halogens is 1. The highest BCUT2D eigenvalue weighted by Crippen LogP contribution is 2.39. The fourth-order valence-electron chi connectivity index (χ4n) is 3.63. The summed E-state index contributed by atoms with van der Waals surface area (Å²) in [7, 11) is 0. The smallest absolute Gasteiger partial charge is 0.262 e. The van der Waals surface area contributed by atoms with Gasteiger partial charge < -0.3 is 5.32 Å². The van der Waals surface area contributed by atoms with Crippen molar-refractivity contribution >= 4 is 39.8 Å². The van der Waals surface area contributed by atoms with Crippen LogP contribution in [0.2, 0.25) is 5.15 Å². The van der Waals surface area contributed by atoms with Crippen LogP contribution < -0.4 is 10.2 Å². The third-order valence-electron chi connectivity index (χ3n) is 4.96. The molecule has 4 aromatic rings. The van der Waals surface area contributed by atoms with E-state index in [9.17, 15) is 4.79 Å². The predicted octanol–water partition coefficient (Wildman–Crippen LogP) is 5.66. The minimum Gasteiger partial charge on any atom is -0.360 e. The fourth-order valence-corrected chi connectivity index (χ4v) is 3.88. The number of nitrogens with one attached hydrogen (secondary N) is 1. The number of anilines is 2. The van der Waals surface area contributed by atoms with E-state index in [1.54, 1.807) is 4.90 Å². The molecule has 3 aromatic carbocycles. The molecule has 136 valence electrons. The predicted molar refractivity (Wildman–Crippen MR) is 113 cm³/mol. The standard InChI is InChI=1S/C23H16ClN3O/c24-21-18(14-15-8-4-6-12-19(15)25-21)22-26-20-13-7-5-11-17(20)23(28)27(22)16-9-2-1-3-10-16/h1-14,22,26H/t22-/m0/s1. The van der Waals surface area contributed by atoms with Crippen molar-refractivity contribution in [3.63, 3.8) is 0 Å². The molecule has 1 aliphatic heterocycles. The first kappa shape index (κ1) is 16.8. The SMILES string of the molecule is O=C1c2ccccc2N[C@H](c2cc3ccccc3nc2Cl)N1c1ccccc1. The molecule has 0 saturated heterocycles. The minimum absolute atomic E-state index is 0.0743. The second-order valence-corrected chi connectivity index (χ2v) is 7.02. The van der Waals surface area contributed by atoms with E-state index in [-0.39, 0.29) is 5.91 Å². The molecule has 2 heterocycles. The van der Waals surface area contributed by atoms with E-state index in [1.165, 1.54) is 0 Å². The second-order valence-electron chi connectivity index (χ2n) is 6.66. The van der Waals surface area contributed by atoms with E-state index in [2.05, 4.69) is 10.3 Å². The summed E-state index contributed by atoms with van der Waals surface area (Å²) in [5.74, 6) is -0.0743. The molecule has 0 saturated carbocycles. The maximum absolute atomic E-state index is 13.4. The molecule has 0 fully saturated rings. The molecule has 0 aliphatic carbocycles. The fraction of sp³-hybridized carbons (Fsp3) is 0.0435. The Hall–Kier alpha value is -3.37. The highest BCUT2D eigenvalue weighted by molar-refractivity contribution is 6.31. The van der Waals surface area contributed by atoms with Gasteiger partial charge in [-0.3, -0.25) is 9.69 Å². The molecule has 1 N–H and O–H groups in total. The van der Waals surface area contributed by atoms with Crippen LogP contribution in [0.25, 0.3) is 10.9 Å². The summed E-state index contributed by atoms with van der Waals surface area (Å²) >= 11 is 6.58. The van der Waals surface area contributed by atoms with Crippen LogP contribution in [0.1, 0.15) is 22.1 Å². The molecule has 0 radical (unpaired) electrons. The van der Waals surface area contributed by atoms with Crippen LogP contribution >= 0.6 is 11.6 Å². The summed E-state index contributed by atoms with van der Waals surface area (Å²) in [5.41, 5.74) is 3.79. The van der Waals surface area contributed by atoms with Gasteiger partial charge in [0.2, 0.25) is 0 Å². The number of hydrogen-bond donors (Lipinski definition) is 1. The zero-order chi connectivity index (χ0) is 19.1. The third-order valence-corrected chi connectivity index (χ3v) is 5.26. The Morgan fingerprint density at radius 1 is 0.893 bits per heavy atom. The van der Waals surface area contributed by atoms with Crippen LogP contribution in [0.3, 0.4) is 0 Å². The molecule has 0 bridgehead atoms. The molecule has 1 aromatic heterocycles. The lowest BCUT2D eigenvalue weighted by atomic mass is 10.0. The van der Waals surface area contributed by atoms with Crippen LogP contribution in [0.15, 0.2) is 84.9 Å². The first-order valence-electron chi connectivity index (χ1n) is 9.02. The van der Waals surface area contributed by atoms with Crippen molar-refractivity contribution in [1.29, 1.82) is 0 Å². The molecule has 5 heteroatoms. The number of benzene rings is 3. The quantitative estimate of drug-likeness (QED) is 0.453. The summed E-state index contributed by atoms with van der Waals surface area (Å²) in [5, 5.41) is 4.83. The number of carbonyl (C=O) groups is 1.